The third kappa shape index (κ3) is 3.15. The maximum Gasteiger partial charge on any atom is 0.129 e. The highest BCUT2D eigenvalue weighted by Crippen LogP contribution is 2.23. The maximum atomic E-state index is 5.81. The summed E-state index contributed by atoms with van der Waals surface area (Å²) in [4.78, 5) is 5.40. The zero-order valence-corrected chi connectivity index (χ0v) is 10.1. The number of hydrogen-bond donors (Lipinski definition) is 1. The number of nitrogens with two attached hydrogens (primary N) is 1. The zero-order valence-electron chi connectivity index (χ0n) is 8.56. The summed E-state index contributed by atoms with van der Waals surface area (Å²) in [5.74, 6) is 0.810. The fraction of sp³-hybridized carbons (Fsp3) is 0.0833. The molecule has 16 heavy (non-hydrogen) atoms. The van der Waals surface area contributed by atoms with Crippen LogP contribution in [0.1, 0.15) is 5.69 Å². The first-order chi connectivity index (χ1) is 7.74. The van der Waals surface area contributed by atoms with Crippen LogP contribution < -0.4 is 5.73 Å². The van der Waals surface area contributed by atoms with Crippen LogP contribution in [0.5, 0.6) is 0 Å². The van der Waals surface area contributed by atoms with Crippen molar-refractivity contribution in [1.82, 2.24) is 4.98 Å². The van der Waals surface area contributed by atoms with E-state index in [1.165, 1.54) is 4.90 Å². The van der Waals surface area contributed by atoms with E-state index in [0.717, 1.165) is 17.1 Å². The topological polar surface area (TPSA) is 38.9 Å². The van der Waals surface area contributed by atoms with Crippen molar-refractivity contribution < 1.29 is 0 Å². The van der Waals surface area contributed by atoms with E-state index >= 15 is 0 Å². The van der Waals surface area contributed by atoms with E-state index in [1.807, 2.05) is 36.4 Å². The van der Waals surface area contributed by atoms with E-state index in [2.05, 4.69) is 4.98 Å². The van der Waals surface area contributed by atoms with Crippen molar-refractivity contribution in [1.29, 1.82) is 0 Å². The second-order valence-corrected chi connectivity index (χ2v) is 4.75. The summed E-state index contributed by atoms with van der Waals surface area (Å²) in [6, 6.07) is 13.5. The standard InChI is InChI=1S/C12H11ClN2S/c13-12-3-1-2-10(15-12)8-16-11-6-4-9(14)5-7-11/h1-7H,8,14H2. The lowest BCUT2D eigenvalue weighted by Crippen LogP contribution is -1.87. The van der Waals surface area contributed by atoms with Crippen molar-refractivity contribution in [3.8, 4) is 0 Å². The predicted molar refractivity (Wildman–Crippen MR) is 69.7 cm³/mol. The van der Waals surface area contributed by atoms with E-state index in [0.29, 0.717) is 5.15 Å². The van der Waals surface area contributed by atoms with Gasteiger partial charge in [0, 0.05) is 16.3 Å². The number of aromatic nitrogens is 1. The Balaban J connectivity index is 1.99. The molecule has 0 fully saturated rings. The summed E-state index contributed by atoms with van der Waals surface area (Å²) in [6.07, 6.45) is 0. The molecule has 2 nitrogen and oxygen atoms in total. The van der Waals surface area contributed by atoms with Crippen molar-refractivity contribution in [2.24, 2.45) is 0 Å². The number of pyridine rings is 1. The molecule has 1 aromatic heterocycles. The Bertz CT molecular complexity index is 471. The molecule has 0 unspecified atom stereocenters. The minimum absolute atomic E-state index is 0.537. The van der Waals surface area contributed by atoms with Crippen molar-refractivity contribution in [2.75, 3.05) is 5.73 Å². The molecule has 0 saturated carbocycles. The molecule has 0 aliphatic carbocycles. The van der Waals surface area contributed by atoms with Crippen LogP contribution in [0.4, 0.5) is 5.69 Å². The highest BCUT2D eigenvalue weighted by molar-refractivity contribution is 7.98. The summed E-state index contributed by atoms with van der Waals surface area (Å²) < 4.78 is 0. The van der Waals surface area contributed by atoms with E-state index < -0.39 is 0 Å². The summed E-state index contributed by atoms with van der Waals surface area (Å²) in [5, 5.41) is 0.537. The normalized spacial score (nSPS) is 10.3. The molecule has 2 rings (SSSR count). The Morgan fingerprint density at radius 1 is 1.12 bits per heavy atom. The number of benzene rings is 1. The van der Waals surface area contributed by atoms with Gasteiger partial charge in [-0.05, 0) is 36.4 Å². The fourth-order valence-corrected chi connectivity index (χ4v) is 2.24. The van der Waals surface area contributed by atoms with Crippen molar-refractivity contribution >= 4 is 29.1 Å². The smallest absolute Gasteiger partial charge is 0.129 e. The van der Waals surface area contributed by atoms with E-state index in [1.54, 1.807) is 17.8 Å². The largest absolute Gasteiger partial charge is 0.399 e. The van der Waals surface area contributed by atoms with Crippen LogP contribution in [-0.4, -0.2) is 4.98 Å². The van der Waals surface area contributed by atoms with Gasteiger partial charge in [-0.1, -0.05) is 17.7 Å². The molecule has 0 aliphatic heterocycles. The van der Waals surface area contributed by atoms with Crippen molar-refractivity contribution in [2.45, 2.75) is 10.6 Å². The highest BCUT2D eigenvalue weighted by Gasteiger charge is 1.98. The molecule has 0 aliphatic rings. The Morgan fingerprint density at radius 3 is 2.56 bits per heavy atom. The molecule has 1 aromatic carbocycles. The monoisotopic (exact) mass is 250 g/mol. The molecular formula is C12H11ClN2S. The molecule has 0 amide bonds. The van der Waals surface area contributed by atoms with Gasteiger partial charge in [-0.3, -0.25) is 0 Å². The third-order valence-corrected chi connectivity index (χ3v) is 3.30. The van der Waals surface area contributed by atoms with Gasteiger partial charge in [-0.2, -0.15) is 0 Å². The van der Waals surface area contributed by atoms with Gasteiger partial charge in [0.2, 0.25) is 0 Å². The van der Waals surface area contributed by atoms with Gasteiger partial charge >= 0.3 is 0 Å². The Hall–Kier alpha value is -1.19. The summed E-state index contributed by atoms with van der Waals surface area (Å²) in [6.45, 7) is 0. The minimum Gasteiger partial charge on any atom is -0.399 e. The highest BCUT2D eigenvalue weighted by atomic mass is 35.5. The van der Waals surface area contributed by atoms with Gasteiger partial charge < -0.3 is 5.73 Å². The quantitative estimate of drug-likeness (QED) is 0.514. The molecule has 0 atom stereocenters. The molecule has 2 aromatic rings. The molecule has 1 heterocycles. The van der Waals surface area contributed by atoms with Crippen LogP contribution in [0, 0.1) is 0 Å². The number of rotatable bonds is 3. The zero-order chi connectivity index (χ0) is 11.4. The Labute approximate surface area is 104 Å². The average Bonchev–Trinajstić information content (AvgIpc) is 2.28. The van der Waals surface area contributed by atoms with Gasteiger partial charge in [-0.15, -0.1) is 11.8 Å². The van der Waals surface area contributed by atoms with Crippen LogP contribution in [-0.2, 0) is 5.75 Å². The van der Waals surface area contributed by atoms with Gasteiger partial charge in [0.05, 0.1) is 5.69 Å². The fourth-order valence-electron chi connectivity index (χ4n) is 1.25. The molecule has 0 saturated heterocycles. The summed E-state index contributed by atoms with van der Waals surface area (Å²) in [7, 11) is 0. The van der Waals surface area contributed by atoms with E-state index in [-0.39, 0.29) is 0 Å². The number of halogens is 1. The lowest BCUT2D eigenvalue weighted by atomic mass is 10.3. The van der Waals surface area contributed by atoms with Crippen molar-refractivity contribution in [3.05, 3.63) is 53.3 Å². The molecule has 2 N–H and O–H groups in total. The summed E-state index contributed by atoms with van der Waals surface area (Å²) >= 11 is 7.52. The van der Waals surface area contributed by atoms with Crippen molar-refractivity contribution in [3.63, 3.8) is 0 Å². The molecular weight excluding hydrogens is 240 g/mol. The first kappa shape index (κ1) is 11.3. The van der Waals surface area contributed by atoms with Crippen LogP contribution >= 0.6 is 23.4 Å². The van der Waals surface area contributed by atoms with Crippen LogP contribution in [0.2, 0.25) is 5.15 Å². The summed E-state index contributed by atoms with van der Waals surface area (Å²) in [5.41, 5.74) is 7.38. The molecule has 0 bridgehead atoms. The first-order valence-electron chi connectivity index (χ1n) is 4.84. The SMILES string of the molecule is Nc1ccc(SCc2cccc(Cl)n2)cc1. The second-order valence-electron chi connectivity index (χ2n) is 3.31. The van der Waals surface area contributed by atoms with Gasteiger partial charge in [0.15, 0.2) is 0 Å². The van der Waals surface area contributed by atoms with Crippen LogP contribution in [0.25, 0.3) is 0 Å². The Kier molecular flexibility index (Phi) is 3.70. The number of nitrogen functional groups attached to an aromatic ring is 1. The number of thioether (sulfide) groups is 1. The lowest BCUT2D eigenvalue weighted by molar-refractivity contribution is 1.17. The second kappa shape index (κ2) is 5.23. The molecule has 0 radical (unpaired) electrons. The van der Waals surface area contributed by atoms with E-state index in [4.69, 9.17) is 17.3 Å². The average molecular weight is 251 g/mol. The molecule has 4 heteroatoms. The van der Waals surface area contributed by atoms with Crippen LogP contribution in [0.3, 0.4) is 0 Å². The molecule has 82 valence electrons. The Morgan fingerprint density at radius 2 is 1.88 bits per heavy atom. The number of nitrogens with zero attached hydrogens (tertiary/aromatic N) is 1. The minimum atomic E-state index is 0.537. The van der Waals surface area contributed by atoms with Gasteiger partial charge in [-0.25, -0.2) is 4.98 Å². The third-order valence-electron chi connectivity index (χ3n) is 2.04. The van der Waals surface area contributed by atoms with E-state index in [9.17, 15) is 0 Å². The maximum absolute atomic E-state index is 5.81. The predicted octanol–water partition coefficient (Wildman–Crippen LogP) is 3.61. The number of anilines is 1. The first-order valence-corrected chi connectivity index (χ1v) is 6.20. The number of hydrogen-bond acceptors (Lipinski definition) is 3. The van der Waals surface area contributed by atoms with Gasteiger partial charge in [0.25, 0.3) is 0 Å². The lowest BCUT2D eigenvalue weighted by Gasteiger charge is -2.02. The van der Waals surface area contributed by atoms with Gasteiger partial charge in [0.1, 0.15) is 5.15 Å². The van der Waals surface area contributed by atoms with Crippen LogP contribution in [0.15, 0.2) is 47.4 Å². The molecule has 0 spiro atoms.